The topological polar surface area (TPSA) is 22.9 Å². The zero-order valence-electron chi connectivity index (χ0n) is 46.9. The first-order valence-electron chi connectivity index (χ1n) is 28.2. The van der Waals surface area contributed by atoms with E-state index in [0.717, 1.165) is 40.0 Å². The average Bonchev–Trinajstić information content (AvgIpc) is 4.26. The SMILES string of the molecule is CC(C)(C)c1ccc(N(c2ccc3c(c2)N(c2cccc4sc5ccccc5c24)c2cccc4c2B3c2sc3c(ccc5oc6ccccc6c53)c2N4c2ccc(C(C)(C)C)cc2)c2ccc3c(c2)C(C)(C)CCC3(C)C)cc1. The molecule has 0 amide bonds. The van der Waals surface area contributed by atoms with Gasteiger partial charge in [-0.05, 0) is 165 Å². The highest BCUT2D eigenvalue weighted by Gasteiger charge is 2.46. The number of thiophene rings is 2. The van der Waals surface area contributed by atoms with Gasteiger partial charge in [0.05, 0.1) is 11.4 Å². The van der Waals surface area contributed by atoms with Gasteiger partial charge in [0.15, 0.2) is 0 Å². The lowest BCUT2D eigenvalue weighted by molar-refractivity contribution is 0.332. The third-order valence-corrected chi connectivity index (χ3v) is 20.4. The molecule has 0 N–H and O–H groups in total. The first kappa shape index (κ1) is 48.5. The standard InChI is InChI=1S/C72H64BN3OS2/c1-69(2,3)43-25-29-45(30-26-43)74(47-33-36-52-53(41-47)72(9,10)40-39-71(52,7)8)48-34-37-54-58(42-48)76(55-19-16-24-62-63(55)50-18-12-14-23-61(50)78-62)57-21-15-20-56-65(57)73(54)68-66(75(56)46-31-27-44(28-32-46)70(4,5)6)51-35-38-60-64(67(51)79-68)49-17-11-13-22-59(49)77-60/h11-38,41-42H,39-40H2,1-10H3. The van der Waals surface area contributed by atoms with E-state index in [1.165, 1.54) is 114 Å². The molecule has 12 aromatic rings. The van der Waals surface area contributed by atoms with E-state index in [2.05, 4.69) is 266 Å². The van der Waals surface area contributed by atoms with E-state index in [1.54, 1.807) is 0 Å². The minimum atomic E-state index is -0.0677. The van der Waals surface area contributed by atoms with Gasteiger partial charge in [0.1, 0.15) is 11.2 Å². The van der Waals surface area contributed by atoms with E-state index in [4.69, 9.17) is 4.42 Å². The van der Waals surface area contributed by atoms with Gasteiger partial charge in [-0.3, -0.25) is 0 Å². The van der Waals surface area contributed by atoms with Gasteiger partial charge in [0.2, 0.25) is 0 Å². The molecule has 0 saturated heterocycles. The Kier molecular flexibility index (Phi) is 10.4. The predicted octanol–water partition coefficient (Wildman–Crippen LogP) is 19.7. The summed E-state index contributed by atoms with van der Waals surface area (Å²) in [5, 5.41) is 6.15. The quantitative estimate of drug-likeness (QED) is 0.160. The third kappa shape index (κ3) is 7.31. The Labute approximate surface area is 472 Å². The van der Waals surface area contributed by atoms with Crippen molar-refractivity contribution in [3.05, 3.63) is 204 Å². The van der Waals surface area contributed by atoms with E-state index in [1.807, 2.05) is 22.7 Å². The van der Waals surface area contributed by atoms with E-state index in [0.29, 0.717) is 0 Å². The van der Waals surface area contributed by atoms with Crippen LogP contribution in [0.1, 0.15) is 104 Å². The predicted molar refractivity (Wildman–Crippen MR) is 343 cm³/mol. The van der Waals surface area contributed by atoms with Crippen molar-refractivity contribution in [2.24, 2.45) is 0 Å². The maximum atomic E-state index is 6.64. The van der Waals surface area contributed by atoms with E-state index < -0.39 is 0 Å². The highest BCUT2D eigenvalue weighted by molar-refractivity contribution is 7.34. The largest absolute Gasteiger partial charge is 0.456 e. The summed E-state index contributed by atoms with van der Waals surface area (Å²) in [6.45, 7) is 23.5. The molecule has 15 rings (SSSR count). The summed E-state index contributed by atoms with van der Waals surface area (Å²) < 4.78 is 11.8. The Bertz CT molecular complexity index is 4480. The molecular weight excluding hydrogens is 998 g/mol. The summed E-state index contributed by atoms with van der Waals surface area (Å²) in [5.41, 5.74) is 20.8. The van der Waals surface area contributed by atoms with Crippen LogP contribution in [-0.4, -0.2) is 6.71 Å². The molecule has 0 radical (unpaired) electrons. The fourth-order valence-corrected chi connectivity index (χ4v) is 16.3. The second-order valence-electron chi connectivity index (χ2n) is 26.0. The van der Waals surface area contributed by atoms with Crippen molar-refractivity contribution in [2.75, 3.05) is 14.7 Å². The smallest absolute Gasteiger partial charge is 0.264 e. The van der Waals surface area contributed by atoms with Crippen LogP contribution in [0.15, 0.2) is 186 Å². The van der Waals surface area contributed by atoms with Crippen LogP contribution in [0.25, 0.3) is 52.2 Å². The maximum Gasteiger partial charge on any atom is 0.264 e. The Morgan fingerprint density at radius 3 is 1.84 bits per heavy atom. The van der Waals surface area contributed by atoms with Crippen LogP contribution in [-0.2, 0) is 21.7 Å². The molecule has 7 heteroatoms. The second-order valence-corrected chi connectivity index (χ2v) is 28.1. The Morgan fingerprint density at radius 1 is 0.481 bits per heavy atom. The van der Waals surface area contributed by atoms with Crippen molar-refractivity contribution in [2.45, 2.75) is 104 Å². The molecule has 0 saturated carbocycles. The molecule has 5 heterocycles. The number of nitrogens with zero attached hydrogens (tertiary/aromatic N) is 3. The molecule has 388 valence electrons. The Balaban J connectivity index is 1.03. The van der Waals surface area contributed by atoms with Gasteiger partial charge in [0.25, 0.3) is 6.71 Å². The van der Waals surface area contributed by atoms with Crippen LogP contribution in [0.5, 0.6) is 0 Å². The highest BCUT2D eigenvalue weighted by Crippen LogP contribution is 2.54. The van der Waals surface area contributed by atoms with Crippen molar-refractivity contribution in [3.8, 4) is 0 Å². The zero-order chi connectivity index (χ0) is 54.1. The normalized spacial score (nSPS) is 15.5. The van der Waals surface area contributed by atoms with Crippen LogP contribution < -0.4 is 30.4 Å². The van der Waals surface area contributed by atoms with Crippen molar-refractivity contribution < 1.29 is 4.42 Å². The van der Waals surface area contributed by atoms with Gasteiger partial charge in [-0.15, -0.1) is 22.7 Å². The minimum Gasteiger partial charge on any atom is -0.456 e. The fraction of sp³-hybridized carbons (Fsp3) is 0.222. The molecule has 3 aliphatic rings. The number of rotatable bonds is 5. The van der Waals surface area contributed by atoms with Gasteiger partial charge < -0.3 is 19.1 Å². The zero-order valence-corrected chi connectivity index (χ0v) is 48.5. The fourth-order valence-electron chi connectivity index (χ4n) is 13.7. The van der Waals surface area contributed by atoms with Crippen molar-refractivity contribution in [3.63, 3.8) is 0 Å². The van der Waals surface area contributed by atoms with Crippen LogP contribution in [0.3, 0.4) is 0 Å². The number of furan rings is 1. The van der Waals surface area contributed by atoms with Gasteiger partial charge in [0, 0.05) is 85.6 Å². The number of para-hydroxylation sites is 1. The molecule has 0 atom stereocenters. The number of hydrogen-bond donors (Lipinski definition) is 0. The summed E-state index contributed by atoms with van der Waals surface area (Å²) in [4.78, 5) is 7.75. The number of anilines is 9. The van der Waals surface area contributed by atoms with Crippen LogP contribution >= 0.6 is 22.7 Å². The van der Waals surface area contributed by atoms with E-state index in [-0.39, 0.29) is 28.4 Å². The molecule has 0 bridgehead atoms. The molecule has 4 nitrogen and oxygen atoms in total. The maximum absolute atomic E-state index is 6.64. The van der Waals surface area contributed by atoms with Crippen molar-refractivity contribution in [1.29, 1.82) is 0 Å². The molecular formula is C72H64BN3OS2. The summed E-state index contributed by atoms with van der Waals surface area (Å²) >= 11 is 3.84. The van der Waals surface area contributed by atoms with Crippen molar-refractivity contribution in [1.82, 2.24) is 0 Å². The minimum absolute atomic E-state index is 0.0143. The molecule has 0 unspecified atom stereocenters. The highest BCUT2D eigenvalue weighted by atomic mass is 32.1. The molecule has 0 spiro atoms. The first-order chi connectivity index (χ1) is 37.9. The lowest BCUT2D eigenvalue weighted by Gasteiger charge is -2.44. The van der Waals surface area contributed by atoms with E-state index >= 15 is 0 Å². The monoisotopic (exact) mass is 1060 g/mol. The number of fused-ring (bicyclic) bond motifs is 14. The van der Waals surface area contributed by atoms with Gasteiger partial charge in [-0.1, -0.05) is 154 Å². The van der Waals surface area contributed by atoms with Crippen molar-refractivity contribution >= 4 is 148 Å². The molecule has 1 aliphatic carbocycles. The summed E-state index contributed by atoms with van der Waals surface area (Å²) in [7, 11) is 0. The van der Waals surface area contributed by atoms with Crippen LogP contribution in [0.2, 0.25) is 0 Å². The summed E-state index contributed by atoms with van der Waals surface area (Å²) in [6, 6.07) is 69.6. The lowest BCUT2D eigenvalue weighted by atomic mass is 9.36. The Hall–Kier alpha value is -7.58. The molecule has 2 aliphatic heterocycles. The summed E-state index contributed by atoms with van der Waals surface area (Å²) in [6.07, 6.45) is 2.33. The van der Waals surface area contributed by atoms with E-state index in [9.17, 15) is 0 Å². The Morgan fingerprint density at radius 2 is 1.09 bits per heavy atom. The average molecular weight is 1060 g/mol. The van der Waals surface area contributed by atoms with Gasteiger partial charge >= 0.3 is 0 Å². The van der Waals surface area contributed by atoms with Crippen LogP contribution in [0.4, 0.5) is 51.2 Å². The third-order valence-electron chi connectivity index (χ3n) is 18.0. The molecule has 0 fully saturated rings. The molecule has 9 aromatic carbocycles. The van der Waals surface area contributed by atoms with Crippen LogP contribution in [0, 0.1) is 0 Å². The lowest BCUT2D eigenvalue weighted by Crippen LogP contribution is -2.60. The number of hydrogen-bond acceptors (Lipinski definition) is 6. The van der Waals surface area contributed by atoms with Gasteiger partial charge in [-0.25, -0.2) is 0 Å². The number of benzene rings is 9. The molecule has 3 aromatic heterocycles. The molecule has 79 heavy (non-hydrogen) atoms. The second kappa shape index (κ2) is 17.0. The summed E-state index contributed by atoms with van der Waals surface area (Å²) in [5.74, 6) is 0. The first-order valence-corrected chi connectivity index (χ1v) is 29.9. The van der Waals surface area contributed by atoms with Gasteiger partial charge in [-0.2, -0.15) is 0 Å².